The third-order valence-corrected chi connectivity index (χ3v) is 6.82. The van der Waals surface area contributed by atoms with E-state index in [1.165, 1.54) is 5.56 Å². The lowest BCUT2D eigenvalue weighted by Crippen LogP contribution is -2.46. The summed E-state index contributed by atoms with van der Waals surface area (Å²) in [6.45, 7) is 6.52. The highest BCUT2D eigenvalue weighted by molar-refractivity contribution is 6.23. The van der Waals surface area contributed by atoms with Crippen LogP contribution in [0.2, 0.25) is 0 Å². The van der Waals surface area contributed by atoms with Crippen LogP contribution in [0.15, 0.2) is 41.4 Å². The van der Waals surface area contributed by atoms with Crippen LogP contribution in [0.1, 0.15) is 46.8 Å². The normalized spacial score (nSPS) is 20.2. The van der Waals surface area contributed by atoms with E-state index >= 15 is 0 Å². The second-order valence-corrected chi connectivity index (χ2v) is 8.99. The molecular weight excluding hydrogens is 414 g/mol. The van der Waals surface area contributed by atoms with E-state index in [0.29, 0.717) is 11.1 Å². The number of hydrogen-bond acceptors (Lipinski definition) is 6. The Hall–Kier alpha value is -3.50. The first kappa shape index (κ1) is 21.4. The van der Waals surface area contributed by atoms with Gasteiger partial charge in [0.05, 0.1) is 28.9 Å². The lowest BCUT2D eigenvalue weighted by atomic mass is 9.85. The Bertz CT molecular complexity index is 1190. The lowest BCUT2D eigenvalue weighted by Gasteiger charge is -2.37. The molecule has 0 bridgehead atoms. The van der Waals surface area contributed by atoms with E-state index in [1.54, 1.807) is 19.1 Å². The second-order valence-electron chi connectivity index (χ2n) is 8.99. The molecule has 1 amide bonds. The van der Waals surface area contributed by atoms with Gasteiger partial charge in [-0.15, -0.1) is 0 Å². The molecule has 3 aliphatic heterocycles. The molecule has 168 valence electrons. The molecule has 0 spiro atoms. The van der Waals surface area contributed by atoms with Gasteiger partial charge in [-0.05, 0) is 49.6 Å². The van der Waals surface area contributed by atoms with Gasteiger partial charge in [-0.3, -0.25) is 19.5 Å². The standard InChI is InChI=1S/C26H27N5O2/c1-17(32)22-13-18(15-27)5-7-24(22)31-11-9-30(10-12-31)16-19-4-6-20-23(14-19)29-26(33)21-3-2-8-28-25(20)21/h4-7,13-14,21H,2-3,8-12,16H2,1H3,(H,29,33). The first-order valence-corrected chi connectivity index (χ1v) is 11.5. The van der Waals surface area contributed by atoms with E-state index in [4.69, 9.17) is 5.26 Å². The summed E-state index contributed by atoms with van der Waals surface area (Å²) in [4.78, 5) is 33.9. The van der Waals surface area contributed by atoms with Crippen molar-refractivity contribution < 1.29 is 9.59 Å². The van der Waals surface area contributed by atoms with E-state index < -0.39 is 0 Å². The molecule has 1 saturated heterocycles. The predicted molar refractivity (Wildman–Crippen MR) is 128 cm³/mol. The third kappa shape index (κ3) is 4.14. The van der Waals surface area contributed by atoms with Crippen LogP contribution in [0.25, 0.3) is 0 Å². The number of rotatable bonds is 4. The molecule has 0 aliphatic carbocycles. The second kappa shape index (κ2) is 8.80. The van der Waals surface area contributed by atoms with Crippen molar-refractivity contribution in [2.75, 3.05) is 42.9 Å². The monoisotopic (exact) mass is 441 g/mol. The molecular formula is C26H27N5O2. The van der Waals surface area contributed by atoms with E-state index in [-0.39, 0.29) is 17.6 Å². The summed E-state index contributed by atoms with van der Waals surface area (Å²) in [7, 11) is 0. The highest BCUT2D eigenvalue weighted by atomic mass is 16.2. The Morgan fingerprint density at radius 2 is 2.00 bits per heavy atom. The van der Waals surface area contributed by atoms with Crippen molar-refractivity contribution in [2.24, 2.45) is 10.9 Å². The number of aliphatic imine (C=N–C) groups is 1. The summed E-state index contributed by atoms with van der Waals surface area (Å²) >= 11 is 0. The van der Waals surface area contributed by atoms with Crippen LogP contribution in [-0.2, 0) is 11.3 Å². The summed E-state index contributed by atoms with van der Waals surface area (Å²) in [5.41, 5.74) is 6.07. The van der Waals surface area contributed by atoms with Crippen LogP contribution < -0.4 is 10.2 Å². The topological polar surface area (TPSA) is 88.8 Å². The van der Waals surface area contributed by atoms with Crippen molar-refractivity contribution in [1.82, 2.24) is 4.90 Å². The van der Waals surface area contributed by atoms with Crippen molar-refractivity contribution in [3.8, 4) is 6.07 Å². The fourth-order valence-corrected chi connectivity index (χ4v) is 5.07. The highest BCUT2D eigenvalue weighted by Crippen LogP contribution is 2.32. The minimum Gasteiger partial charge on any atom is -0.368 e. The number of anilines is 2. The molecule has 7 heteroatoms. The average Bonchev–Trinajstić information content (AvgIpc) is 2.84. The Labute approximate surface area is 193 Å². The number of fused-ring (bicyclic) bond motifs is 3. The zero-order valence-electron chi connectivity index (χ0n) is 18.8. The summed E-state index contributed by atoms with van der Waals surface area (Å²) in [5, 5.41) is 12.2. The fraction of sp³-hybridized carbons (Fsp3) is 0.385. The summed E-state index contributed by atoms with van der Waals surface area (Å²) in [6.07, 6.45) is 1.85. The van der Waals surface area contributed by atoms with Gasteiger partial charge in [0.25, 0.3) is 0 Å². The SMILES string of the molecule is CC(=O)c1cc(C#N)ccc1N1CCN(Cc2ccc3c(c2)NC(=O)C2CCCN=C32)CC1. The molecule has 3 aliphatic rings. The summed E-state index contributed by atoms with van der Waals surface area (Å²) in [5.74, 6) is -0.0619. The maximum Gasteiger partial charge on any atom is 0.233 e. The van der Waals surface area contributed by atoms with Crippen molar-refractivity contribution in [1.29, 1.82) is 5.26 Å². The van der Waals surface area contributed by atoms with Crippen molar-refractivity contribution in [3.05, 3.63) is 58.7 Å². The van der Waals surface area contributed by atoms with Gasteiger partial charge in [-0.1, -0.05) is 12.1 Å². The number of carbonyl (C=O) groups excluding carboxylic acids is 2. The molecule has 0 radical (unpaired) electrons. The first-order chi connectivity index (χ1) is 16.0. The minimum absolute atomic E-state index is 0.0227. The van der Waals surface area contributed by atoms with Gasteiger partial charge in [0.1, 0.15) is 0 Å². The quantitative estimate of drug-likeness (QED) is 0.736. The van der Waals surface area contributed by atoms with Crippen molar-refractivity contribution in [3.63, 3.8) is 0 Å². The molecule has 2 aromatic carbocycles. The van der Waals surface area contributed by atoms with Crippen LogP contribution in [0.4, 0.5) is 11.4 Å². The maximum atomic E-state index is 12.5. The molecule has 33 heavy (non-hydrogen) atoms. The van der Waals surface area contributed by atoms with Gasteiger partial charge in [0.15, 0.2) is 5.78 Å². The zero-order chi connectivity index (χ0) is 22.9. The van der Waals surface area contributed by atoms with E-state index in [9.17, 15) is 9.59 Å². The van der Waals surface area contributed by atoms with Crippen molar-refractivity contribution in [2.45, 2.75) is 26.3 Å². The number of benzene rings is 2. The Morgan fingerprint density at radius 1 is 1.18 bits per heavy atom. The molecule has 1 unspecified atom stereocenters. The van der Waals surface area contributed by atoms with Crippen LogP contribution >= 0.6 is 0 Å². The predicted octanol–water partition coefficient (Wildman–Crippen LogP) is 3.23. The minimum atomic E-state index is -0.104. The molecule has 1 fully saturated rings. The van der Waals surface area contributed by atoms with Gasteiger partial charge in [0, 0.05) is 56.1 Å². The Kier molecular flexibility index (Phi) is 5.69. The molecule has 3 heterocycles. The number of carbonyl (C=O) groups is 2. The molecule has 2 aromatic rings. The number of nitriles is 1. The van der Waals surface area contributed by atoms with Gasteiger partial charge in [-0.2, -0.15) is 5.26 Å². The highest BCUT2D eigenvalue weighted by Gasteiger charge is 2.33. The van der Waals surface area contributed by atoms with Gasteiger partial charge < -0.3 is 10.2 Å². The van der Waals surface area contributed by atoms with Crippen LogP contribution in [-0.4, -0.2) is 55.0 Å². The number of Topliss-reactive ketones (excluding diaryl/α,β-unsaturated/α-hetero) is 1. The smallest absolute Gasteiger partial charge is 0.233 e. The number of ketones is 1. The molecule has 0 aromatic heterocycles. The molecule has 0 saturated carbocycles. The van der Waals surface area contributed by atoms with E-state index in [2.05, 4.69) is 44.4 Å². The maximum absolute atomic E-state index is 12.5. The van der Waals surface area contributed by atoms with Crippen LogP contribution in [0.5, 0.6) is 0 Å². The third-order valence-electron chi connectivity index (χ3n) is 6.82. The number of nitrogens with one attached hydrogen (secondary N) is 1. The van der Waals surface area contributed by atoms with Crippen molar-refractivity contribution >= 4 is 28.8 Å². The number of nitrogens with zero attached hydrogens (tertiary/aromatic N) is 4. The molecule has 7 nitrogen and oxygen atoms in total. The molecule has 1 N–H and O–H groups in total. The summed E-state index contributed by atoms with van der Waals surface area (Å²) < 4.78 is 0. The zero-order valence-corrected chi connectivity index (χ0v) is 18.8. The van der Waals surface area contributed by atoms with E-state index in [1.807, 2.05) is 6.07 Å². The van der Waals surface area contributed by atoms with E-state index in [0.717, 1.165) is 74.8 Å². The summed E-state index contributed by atoms with van der Waals surface area (Å²) in [6, 6.07) is 13.8. The van der Waals surface area contributed by atoms with Crippen LogP contribution in [0, 0.1) is 17.2 Å². The fourth-order valence-electron chi connectivity index (χ4n) is 5.07. The number of piperazine rings is 1. The Balaban J connectivity index is 1.27. The molecule has 1 atom stereocenters. The van der Waals surface area contributed by atoms with Gasteiger partial charge in [0.2, 0.25) is 5.91 Å². The first-order valence-electron chi connectivity index (χ1n) is 11.5. The largest absolute Gasteiger partial charge is 0.368 e. The van der Waals surface area contributed by atoms with Gasteiger partial charge in [-0.25, -0.2) is 0 Å². The Morgan fingerprint density at radius 3 is 2.76 bits per heavy atom. The lowest BCUT2D eigenvalue weighted by molar-refractivity contribution is -0.118. The average molecular weight is 442 g/mol. The van der Waals surface area contributed by atoms with Crippen LogP contribution in [0.3, 0.4) is 0 Å². The van der Waals surface area contributed by atoms with Gasteiger partial charge >= 0.3 is 0 Å². The number of amides is 1. The molecule has 5 rings (SSSR count). The number of hydrogen-bond donors (Lipinski definition) is 1.